The maximum absolute atomic E-state index is 12.1. The van der Waals surface area contributed by atoms with Crippen LogP contribution in [-0.4, -0.2) is 37.5 Å². The van der Waals surface area contributed by atoms with Crippen molar-refractivity contribution in [1.29, 1.82) is 0 Å². The second kappa shape index (κ2) is 7.13. The summed E-state index contributed by atoms with van der Waals surface area (Å²) in [6.45, 7) is 1.69. The summed E-state index contributed by atoms with van der Waals surface area (Å²) in [5.41, 5.74) is 2.27. The van der Waals surface area contributed by atoms with Crippen LogP contribution >= 0.6 is 0 Å². The third-order valence-electron chi connectivity index (χ3n) is 3.55. The highest BCUT2D eigenvalue weighted by Gasteiger charge is 2.09. The van der Waals surface area contributed by atoms with Gasteiger partial charge >= 0.3 is 0 Å². The second-order valence-corrected chi connectivity index (χ2v) is 5.31. The molecule has 0 radical (unpaired) electrons. The molecule has 3 heterocycles. The van der Waals surface area contributed by atoms with Crippen LogP contribution in [0.2, 0.25) is 0 Å². The van der Waals surface area contributed by atoms with Crippen LogP contribution in [0, 0.1) is 0 Å². The van der Waals surface area contributed by atoms with Crippen LogP contribution in [-0.2, 0) is 13.1 Å². The summed E-state index contributed by atoms with van der Waals surface area (Å²) < 4.78 is 1.51. The molecule has 0 amide bonds. The fourth-order valence-corrected chi connectivity index (χ4v) is 2.52. The highest BCUT2D eigenvalue weighted by Crippen LogP contribution is 2.07. The number of aromatic nitrogens is 3. The van der Waals surface area contributed by atoms with Gasteiger partial charge in [-0.25, -0.2) is 4.98 Å². The van der Waals surface area contributed by atoms with Gasteiger partial charge in [0.15, 0.2) is 0 Å². The summed E-state index contributed by atoms with van der Waals surface area (Å²) >= 11 is 0. The minimum Gasteiger partial charge on any atom is -0.395 e. The second-order valence-electron chi connectivity index (χ2n) is 5.31. The zero-order valence-electron chi connectivity index (χ0n) is 12.7. The van der Waals surface area contributed by atoms with E-state index in [1.807, 2.05) is 29.2 Å². The van der Waals surface area contributed by atoms with E-state index in [2.05, 4.69) is 9.97 Å². The summed E-state index contributed by atoms with van der Waals surface area (Å²) in [7, 11) is 0. The number of aliphatic hydroxyl groups excluding tert-OH is 1. The van der Waals surface area contributed by atoms with Crippen molar-refractivity contribution in [2.75, 3.05) is 13.2 Å². The maximum Gasteiger partial charge on any atom is 0.258 e. The molecule has 0 atom stereocenters. The molecule has 3 rings (SSSR count). The highest BCUT2D eigenvalue weighted by atomic mass is 16.3. The molecule has 0 aliphatic carbocycles. The minimum absolute atomic E-state index is 0.0484. The van der Waals surface area contributed by atoms with E-state index in [0.29, 0.717) is 31.0 Å². The lowest BCUT2D eigenvalue weighted by Crippen LogP contribution is -2.28. The predicted molar refractivity (Wildman–Crippen MR) is 86.9 cm³/mol. The van der Waals surface area contributed by atoms with Gasteiger partial charge < -0.3 is 5.11 Å². The van der Waals surface area contributed by atoms with Gasteiger partial charge in [-0.1, -0.05) is 12.1 Å². The molecule has 0 spiro atoms. The first-order valence-corrected chi connectivity index (χ1v) is 7.46. The van der Waals surface area contributed by atoms with E-state index in [0.717, 1.165) is 5.56 Å². The van der Waals surface area contributed by atoms with Gasteiger partial charge in [-0.15, -0.1) is 0 Å². The van der Waals surface area contributed by atoms with Crippen molar-refractivity contribution in [1.82, 2.24) is 19.3 Å². The first-order valence-electron chi connectivity index (χ1n) is 7.46. The van der Waals surface area contributed by atoms with Crippen LogP contribution in [0.1, 0.15) is 11.3 Å². The van der Waals surface area contributed by atoms with Gasteiger partial charge in [-0.2, -0.15) is 0 Å². The van der Waals surface area contributed by atoms with Gasteiger partial charge in [-0.3, -0.25) is 19.1 Å². The Morgan fingerprint density at radius 2 is 2.09 bits per heavy atom. The lowest BCUT2D eigenvalue weighted by molar-refractivity contribution is 0.183. The summed E-state index contributed by atoms with van der Waals surface area (Å²) in [5.74, 6) is 0. The number of hydrogen-bond acceptors (Lipinski definition) is 5. The Labute approximate surface area is 133 Å². The molecule has 118 valence electrons. The summed E-state index contributed by atoms with van der Waals surface area (Å²) in [4.78, 5) is 22.8. The zero-order chi connectivity index (χ0) is 16.1. The fourth-order valence-electron chi connectivity index (χ4n) is 2.52. The molecule has 3 aromatic heterocycles. The zero-order valence-corrected chi connectivity index (χ0v) is 12.7. The van der Waals surface area contributed by atoms with Crippen LogP contribution in [0.4, 0.5) is 0 Å². The van der Waals surface area contributed by atoms with Gasteiger partial charge in [0, 0.05) is 44.3 Å². The number of hydrogen-bond donors (Lipinski definition) is 1. The minimum atomic E-state index is -0.101. The van der Waals surface area contributed by atoms with Gasteiger partial charge in [0.05, 0.1) is 12.3 Å². The lowest BCUT2D eigenvalue weighted by Gasteiger charge is -2.20. The smallest absolute Gasteiger partial charge is 0.258 e. The molecule has 1 N–H and O–H groups in total. The highest BCUT2D eigenvalue weighted by molar-refractivity contribution is 5.38. The van der Waals surface area contributed by atoms with Crippen molar-refractivity contribution in [3.63, 3.8) is 0 Å². The summed E-state index contributed by atoms with van der Waals surface area (Å²) in [5, 5.41) is 9.28. The van der Waals surface area contributed by atoms with Gasteiger partial charge in [0.25, 0.3) is 5.56 Å². The molecule has 0 fully saturated rings. The Bertz CT molecular complexity index is 833. The van der Waals surface area contributed by atoms with E-state index in [4.69, 9.17) is 0 Å². The Balaban J connectivity index is 1.84. The Hall–Kier alpha value is -2.57. The van der Waals surface area contributed by atoms with Crippen LogP contribution in [0.5, 0.6) is 0 Å². The molecule has 23 heavy (non-hydrogen) atoms. The van der Waals surface area contributed by atoms with Crippen LogP contribution in [0.3, 0.4) is 0 Å². The number of pyridine rings is 2. The van der Waals surface area contributed by atoms with E-state index in [1.165, 1.54) is 4.40 Å². The number of fused-ring (bicyclic) bond motifs is 1. The Morgan fingerprint density at radius 1 is 1.17 bits per heavy atom. The first kappa shape index (κ1) is 15.3. The third kappa shape index (κ3) is 3.80. The monoisotopic (exact) mass is 310 g/mol. The van der Waals surface area contributed by atoms with E-state index < -0.39 is 0 Å². The molecule has 0 aromatic carbocycles. The molecule has 0 bridgehead atoms. The summed E-state index contributed by atoms with van der Waals surface area (Å²) in [6.07, 6.45) is 5.23. The molecule has 0 aliphatic rings. The van der Waals surface area contributed by atoms with E-state index >= 15 is 0 Å². The Morgan fingerprint density at radius 3 is 2.87 bits per heavy atom. The standard InChI is InChI=1S/C17H18N4O2/c22-9-8-20(12-14-4-3-6-18-11-14)13-15-10-17(23)21-7-2-1-5-16(21)19-15/h1-7,10-11,22H,8-9,12-13H2. The quantitative estimate of drug-likeness (QED) is 0.738. The molecular formula is C17H18N4O2. The number of rotatable bonds is 6. The topological polar surface area (TPSA) is 70.7 Å². The summed E-state index contributed by atoms with van der Waals surface area (Å²) in [6, 6.07) is 10.9. The van der Waals surface area contributed by atoms with Gasteiger partial charge in [0.2, 0.25) is 0 Å². The molecule has 6 nitrogen and oxygen atoms in total. The lowest BCUT2D eigenvalue weighted by atomic mass is 10.2. The number of aliphatic hydroxyl groups is 1. The first-order chi connectivity index (χ1) is 11.3. The molecule has 0 aliphatic heterocycles. The van der Waals surface area contributed by atoms with Crippen molar-refractivity contribution in [3.8, 4) is 0 Å². The van der Waals surface area contributed by atoms with Crippen molar-refractivity contribution in [2.45, 2.75) is 13.1 Å². The predicted octanol–water partition coefficient (Wildman–Crippen LogP) is 1.08. The fraction of sp³-hybridized carbons (Fsp3) is 0.235. The molecule has 0 unspecified atom stereocenters. The third-order valence-corrected chi connectivity index (χ3v) is 3.55. The van der Waals surface area contributed by atoms with Gasteiger partial charge in [-0.05, 0) is 23.8 Å². The van der Waals surface area contributed by atoms with E-state index in [1.54, 1.807) is 30.7 Å². The van der Waals surface area contributed by atoms with Crippen LogP contribution < -0.4 is 5.56 Å². The molecular weight excluding hydrogens is 292 g/mol. The van der Waals surface area contributed by atoms with Gasteiger partial charge in [0.1, 0.15) is 5.65 Å². The normalized spacial score (nSPS) is 11.2. The molecule has 0 saturated carbocycles. The molecule has 0 saturated heterocycles. The average molecular weight is 310 g/mol. The van der Waals surface area contributed by atoms with Crippen molar-refractivity contribution < 1.29 is 5.11 Å². The van der Waals surface area contributed by atoms with E-state index in [9.17, 15) is 9.90 Å². The van der Waals surface area contributed by atoms with Crippen molar-refractivity contribution in [3.05, 3.63) is 76.6 Å². The largest absolute Gasteiger partial charge is 0.395 e. The number of nitrogens with zero attached hydrogens (tertiary/aromatic N) is 4. The molecule has 6 heteroatoms. The van der Waals surface area contributed by atoms with Crippen molar-refractivity contribution >= 4 is 5.65 Å². The van der Waals surface area contributed by atoms with Crippen LogP contribution in [0.25, 0.3) is 5.65 Å². The maximum atomic E-state index is 12.1. The Kier molecular flexibility index (Phi) is 4.75. The SMILES string of the molecule is O=c1cc(CN(CCO)Cc2cccnc2)nc2ccccn12. The molecule has 3 aromatic rings. The van der Waals surface area contributed by atoms with Crippen molar-refractivity contribution in [2.24, 2.45) is 0 Å². The average Bonchev–Trinajstić information content (AvgIpc) is 2.56. The van der Waals surface area contributed by atoms with Crippen LogP contribution in [0.15, 0.2) is 59.8 Å². The van der Waals surface area contributed by atoms with E-state index in [-0.39, 0.29) is 12.2 Å².